The van der Waals surface area contributed by atoms with Crippen LogP contribution in [0.2, 0.25) is 0 Å². The zero-order valence-corrected chi connectivity index (χ0v) is 20.1. The van der Waals surface area contributed by atoms with Crippen LogP contribution in [0.15, 0.2) is 71.5 Å². The van der Waals surface area contributed by atoms with Gasteiger partial charge in [0.15, 0.2) is 0 Å². The van der Waals surface area contributed by atoms with Crippen molar-refractivity contribution in [1.82, 2.24) is 24.9 Å². The first kappa shape index (κ1) is 25.9. The number of hydrogen-bond acceptors (Lipinski definition) is 6. The first-order chi connectivity index (χ1) is 16.4. The molecule has 2 aromatic carbocycles. The van der Waals surface area contributed by atoms with Crippen molar-refractivity contribution in [2.75, 3.05) is 32.5 Å². The van der Waals surface area contributed by atoms with E-state index in [1.165, 1.54) is 28.9 Å². The lowest BCUT2D eigenvalue weighted by atomic mass is 10.1. The largest absolute Gasteiger partial charge is 0.367 e. The van der Waals surface area contributed by atoms with Crippen LogP contribution in [0, 0.1) is 11.6 Å². The number of nitrogens with one attached hydrogen (secondary N) is 1. The highest BCUT2D eigenvalue weighted by molar-refractivity contribution is 5.85. The molecule has 0 saturated carbocycles. The van der Waals surface area contributed by atoms with Gasteiger partial charge in [-0.3, -0.25) is 4.79 Å². The van der Waals surface area contributed by atoms with Gasteiger partial charge in [0, 0.05) is 36.3 Å². The second kappa shape index (κ2) is 11.6. The lowest BCUT2D eigenvalue weighted by molar-refractivity contribution is 0.425. The average molecular weight is 499 g/mol. The van der Waals surface area contributed by atoms with E-state index < -0.39 is 11.6 Å². The summed E-state index contributed by atoms with van der Waals surface area (Å²) in [5.41, 5.74) is 2.61. The molecule has 0 aliphatic carbocycles. The molecule has 0 radical (unpaired) electrons. The van der Waals surface area contributed by atoms with E-state index in [4.69, 9.17) is 0 Å². The molecule has 182 valence electrons. The molecule has 35 heavy (non-hydrogen) atoms. The van der Waals surface area contributed by atoms with Crippen molar-refractivity contribution in [3.8, 4) is 22.5 Å². The van der Waals surface area contributed by atoms with Crippen LogP contribution >= 0.6 is 12.4 Å². The van der Waals surface area contributed by atoms with E-state index in [0.717, 1.165) is 30.3 Å². The van der Waals surface area contributed by atoms with Crippen LogP contribution in [-0.2, 0) is 6.54 Å². The second-order valence-corrected chi connectivity index (χ2v) is 8.11. The van der Waals surface area contributed by atoms with E-state index >= 15 is 0 Å². The van der Waals surface area contributed by atoms with Gasteiger partial charge < -0.3 is 10.2 Å². The molecule has 0 atom stereocenters. The van der Waals surface area contributed by atoms with Crippen LogP contribution in [0.4, 0.5) is 14.6 Å². The molecule has 4 rings (SSSR count). The van der Waals surface area contributed by atoms with Gasteiger partial charge in [-0.1, -0.05) is 18.2 Å². The second-order valence-electron chi connectivity index (χ2n) is 8.11. The topological polar surface area (TPSA) is 75.9 Å². The van der Waals surface area contributed by atoms with Crippen LogP contribution in [0.25, 0.3) is 22.5 Å². The summed E-state index contributed by atoms with van der Waals surface area (Å²) in [7, 11) is 4.01. The minimum absolute atomic E-state index is 0. The van der Waals surface area contributed by atoms with Gasteiger partial charge >= 0.3 is 0 Å². The van der Waals surface area contributed by atoms with Gasteiger partial charge in [-0.2, -0.15) is 5.10 Å². The highest BCUT2D eigenvalue weighted by atomic mass is 35.5. The molecule has 0 bridgehead atoms. The number of aromatic nitrogens is 4. The Bertz CT molecular complexity index is 1320. The van der Waals surface area contributed by atoms with Crippen molar-refractivity contribution in [3.63, 3.8) is 0 Å². The van der Waals surface area contributed by atoms with Crippen molar-refractivity contribution in [1.29, 1.82) is 0 Å². The van der Waals surface area contributed by atoms with Crippen LogP contribution in [0.3, 0.4) is 0 Å². The maximum Gasteiger partial charge on any atom is 0.267 e. The van der Waals surface area contributed by atoms with Gasteiger partial charge in [0.2, 0.25) is 0 Å². The normalized spacial score (nSPS) is 10.8. The molecule has 0 spiro atoms. The van der Waals surface area contributed by atoms with E-state index in [2.05, 4.69) is 25.5 Å². The Balaban J connectivity index is 0.00000342. The van der Waals surface area contributed by atoms with E-state index in [1.807, 2.05) is 50.5 Å². The van der Waals surface area contributed by atoms with E-state index in [9.17, 15) is 13.6 Å². The molecule has 0 unspecified atom stereocenters. The summed E-state index contributed by atoms with van der Waals surface area (Å²) in [5.74, 6) is -0.715. The molecule has 0 fully saturated rings. The highest BCUT2D eigenvalue weighted by Gasteiger charge is 2.09. The fourth-order valence-corrected chi connectivity index (χ4v) is 3.41. The lowest BCUT2D eigenvalue weighted by Crippen LogP contribution is -2.22. The Kier molecular flexibility index (Phi) is 8.62. The predicted octanol–water partition coefficient (Wildman–Crippen LogP) is 4.09. The monoisotopic (exact) mass is 498 g/mol. The number of nitrogens with zero attached hydrogens (tertiary/aromatic N) is 5. The minimum atomic E-state index is -0.706. The Morgan fingerprint density at radius 2 is 1.63 bits per heavy atom. The van der Waals surface area contributed by atoms with Crippen LogP contribution in [0.5, 0.6) is 0 Å². The molecule has 4 aromatic rings. The van der Waals surface area contributed by atoms with Gasteiger partial charge in [0.05, 0.1) is 17.9 Å². The quantitative estimate of drug-likeness (QED) is 0.394. The van der Waals surface area contributed by atoms with Gasteiger partial charge in [0.1, 0.15) is 17.5 Å². The summed E-state index contributed by atoms with van der Waals surface area (Å²) in [6.45, 7) is 1.84. The SMILES string of the molecule is CN(C)CCNc1ccc(-c2cccc(Cn3nc(-c4cc(F)cc(F)c4)ccc3=O)c2)nn1.Cl. The first-order valence-electron chi connectivity index (χ1n) is 10.7. The maximum absolute atomic E-state index is 13.6. The molecule has 0 aliphatic heterocycles. The molecule has 7 nitrogen and oxygen atoms in total. The smallest absolute Gasteiger partial charge is 0.267 e. The van der Waals surface area contributed by atoms with Crippen molar-refractivity contribution >= 4 is 18.2 Å². The molecule has 0 amide bonds. The zero-order chi connectivity index (χ0) is 24.1. The van der Waals surface area contributed by atoms with Crippen molar-refractivity contribution < 1.29 is 8.78 Å². The third-order valence-corrected chi connectivity index (χ3v) is 5.11. The van der Waals surface area contributed by atoms with E-state index in [-0.39, 0.29) is 30.1 Å². The van der Waals surface area contributed by atoms with Crippen molar-refractivity contribution in [3.05, 3.63) is 94.3 Å². The Morgan fingerprint density at radius 3 is 2.31 bits per heavy atom. The molecule has 2 heterocycles. The Labute approximate surface area is 207 Å². The van der Waals surface area contributed by atoms with Crippen molar-refractivity contribution in [2.45, 2.75) is 6.54 Å². The van der Waals surface area contributed by atoms with Gasteiger partial charge in [-0.15, -0.1) is 22.6 Å². The highest BCUT2D eigenvalue weighted by Crippen LogP contribution is 2.21. The molecule has 1 N–H and O–H groups in total. The number of anilines is 1. The van der Waals surface area contributed by atoms with Crippen molar-refractivity contribution in [2.24, 2.45) is 0 Å². The fourth-order valence-electron chi connectivity index (χ4n) is 3.41. The average Bonchev–Trinajstić information content (AvgIpc) is 2.80. The van der Waals surface area contributed by atoms with Crippen LogP contribution in [0.1, 0.15) is 5.56 Å². The summed E-state index contributed by atoms with van der Waals surface area (Å²) in [6.07, 6.45) is 0. The molecule has 10 heteroatoms. The number of halogens is 3. The Morgan fingerprint density at radius 1 is 0.886 bits per heavy atom. The number of benzene rings is 2. The molecule has 0 aliphatic rings. The molecule has 0 saturated heterocycles. The number of hydrogen-bond donors (Lipinski definition) is 1. The maximum atomic E-state index is 13.6. The number of likely N-dealkylation sites (N-methyl/N-ethyl adjacent to an activating group) is 1. The molecule has 2 aromatic heterocycles. The van der Waals surface area contributed by atoms with Crippen LogP contribution < -0.4 is 10.9 Å². The van der Waals surface area contributed by atoms with E-state index in [0.29, 0.717) is 17.2 Å². The Hall–Kier alpha value is -3.69. The predicted molar refractivity (Wildman–Crippen MR) is 135 cm³/mol. The summed E-state index contributed by atoms with van der Waals surface area (Å²) in [6, 6.07) is 17.3. The summed E-state index contributed by atoms with van der Waals surface area (Å²) in [5, 5.41) is 16.1. The third kappa shape index (κ3) is 6.91. The molecular formula is C25H25ClF2N6O. The lowest BCUT2D eigenvalue weighted by Gasteiger charge is -2.11. The molecular weight excluding hydrogens is 474 g/mol. The van der Waals surface area contributed by atoms with Crippen LogP contribution in [-0.4, -0.2) is 52.1 Å². The third-order valence-electron chi connectivity index (χ3n) is 5.11. The van der Waals surface area contributed by atoms with Gasteiger partial charge in [-0.05, 0) is 56.1 Å². The first-order valence-corrected chi connectivity index (χ1v) is 10.7. The minimum Gasteiger partial charge on any atom is -0.367 e. The summed E-state index contributed by atoms with van der Waals surface area (Å²) >= 11 is 0. The standard InChI is InChI=1S/C25H24F2N6O.ClH/c1-32(2)11-10-28-24-8-6-22(29-30-24)18-5-3-4-17(12-18)16-33-25(34)9-7-23(31-33)19-13-20(26)15-21(27)14-19;/h3-9,12-15H,10-11,16H2,1-2H3,(H,28,30);1H. The van der Waals surface area contributed by atoms with Gasteiger partial charge in [0.25, 0.3) is 5.56 Å². The number of rotatable bonds is 8. The van der Waals surface area contributed by atoms with E-state index in [1.54, 1.807) is 0 Å². The summed E-state index contributed by atoms with van der Waals surface area (Å²) in [4.78, 5) is 14.5. The summed E-state index contributed by atoms with van der Waals surface area (Å²) < 4.78 is 28.5. The zero-order valence-electron chi connectivity index (χ0n) is 19.3. The fraction of sp³-hybridized carbons (Fsp3) is 0.200. The van der Waals surface area contributed by atoms with Gasteiger partial charge in [-0.25, -0.2) is 13.5 Å².